The lowest BCUT2D eigenvalue weighted by Gasteiger charge is -2.35. The molecule has 0 saturated carbocycles. The summed E-state index contributed by atoms with van der Waals surface area (Å²) in [4.78, 5) is 11.8. The van der Waals surface area contributed by atoms with E-state index in [0.29, 0.717) is 6.42 Å². The summed E-state index contributed by atoms with van der Waals surface area (Å²) in [5.74, 6) is 0.210. The van der Waals surface area contributed by atoms with Gasteiger partial charge in [0.15, 0.2) is 6.67 Å². The minimum atomic E-state index is 0.210. The van der Waals surface area contributed by atoms with Crippen LogP contribution in [0.1, 0.15) is 59.3 Å². The SMILES string of the molecule is C=CCCCCCCC(=O)NC[N+](CC)(CC)CC. The first-order valence-electron chi connectivity index (χ1n) is 7.86. The van der Waals surface area contributed by atoms with E-state index in [0.717, 1.165) is 50.0 Å². The van der Waals surface area contributed by atoms with E-state index >= 15 is 0 Å². The zero-order valence-electron chi connectivity index (χ0n) is 13.2. The molecule has 0 aromatic rings. The van der Waals surface area contributed by atoms with Gasteiger partial charge in [0.25, 0.3) is 0 Å². The van der Waals surface area contributed by atoms with Crippen LogP contribution in [0.15, 0.2) is 12.7 Å². The molecule has 0 spiro atoms. The van der Waals surface area contributed by atoms with E-state index in [-0.39, 0.29) is 5.91 Å². The van der Waals surface area contributed by atoms with Gasteiger partial charge in [-0.1, -0.05) is 18.9 Å². The molecule has 0 fully saturated rings. The van der Waals surface area contributed by atoms with Crippen molar-refractivity contribution in [2.45, 2.75) is 59.3 Å². The van der Waals surface area contributed by atoms with Crippen LogP contribution in [0.2, 0.25) is 0 Å². The highest BCUT2D eigenvalue weighted by Gasteiger charge is 2.20. The molecule has 0 radical (unpaired) electrons. The highest BCUT2D eigenvalue weighted by atomic mass is 16.1. The van der Waals surface area contributed by atoms with Crippen LogP contribution in [0, 0.1) is 0 Å². The Morgan fingerprint density at radius 3 is 2.16 bits per heavy atom. The van der Waals surface area contributed by atoms with Crippen molar-refractivity contribution >= 4 is 5.91 Å². The molecule has 0 atom stereocenters. The van der Waals surface area contributed by atoms with Gasteiger partial charge in [0.05, 0.1) is 19.6 Å². The Kier molecular flexibility index (Phi) is 10.6. The van der Waals surface area contributed by atoms with Gasteiger partial charge in [0.2, 0.25) is 5.91 Å². The molecule has 1 N–H and O–H groups in total. The van der Waals surface area contributed by atoms with Crippen molar-refractivity contribution in [3.63, 3.8) is 0 Å². The third kappa shape index (κ3) is 8.04. The summed E-state index contributed by atoms with van der Waals surface area (Å²) in [6.45, 7) is 14.3. The number of unbranched alkanes of at least 4 members (excludes halogenated alkanes) is 4. The monoisotopic (exact) mass is 269 g/mol. The van der Waals surface area contributed by atoms with Crippen LogP contribution in [0.25, 0.3) is 0 Å². The van der Waals surface area contributed by atoms with Crippen LogP contribution in [-0.4, -0.2) is 36.7 Å². The third-order valence-corrected chi connectivity index (χ3v) is 4.19. The minimum absolute atomic E-state index is 0.210. The number of carbonyl (C=O) groups excluding carboxylic acids is 1. The first-order chi connectivity index (χ1) is 9.14. The van der Waals surface area contributed by atoms with Gasteiger partial charge < -0.3 is 9.80 Å². The zero-order chi connectivity index (χ0) is 14.6. The summed E-state index contributed by atoms with van der Waals surface area (Å²) in [5, 5.41) is 3.10. The Hall–Kier alpha value is -0.830. The van der Waals surface area contributed by atoms with Gasteiger partial charge >= 0.3 is 0 Å². The Morgan fingerprint density at radius 2 is 1.63 bits per heavy atom. The van der Waals surface area contributed by atoms with Crippen molar-refractivity contribution in [3.05, 3.63) is 12.7 Å². The molecular formula is C16H33N2O+. The summed E-state index contributed by atoms with van der Waals surface area (Å²) >= 11 is 0. The predicted molar refractivity (Wildman–Crippen MR) is 82.8 cm³/mol. The maximum atomic E-state index is 11.8. The van der Waals surface area contributed by atoms with Crippen molar-refractivity contribution in [2.75, 3.05) is 26.3 Å². The fourth-order valence-electron chi connectivity index (χ4n) is 2.28. The van der Waals surface area contributed by atoms with E-state index in [1.807, 2.05) is 6.08 Å². The summed E-state index contributed by atoms with van der Waals surface area (Å²) in [5.41, 5.74) is 0. The summed E-state index contributed by atoms with van der Waals surface area (Å²) in [7, 11) is 0. The molecule has 3 heteroatoms. The molecule has 0 heterocycles. The highest BCUT2D eigenvalue weighted by molar-refractivity contribution is 5.75. The van der Waals surface area contributed by atoms with E-state index in [2.05, 4.69) is 32.7 Å². The van der Waals surface area contributed by atoms with Crippen LogP contribution in [0.5, 0.6) is 0 Å². The van der Waals surface area contributed by atoms with Gasteiger partial charge in [0, 0.05) is 6.42 Å². The molecule has 112 valence electrons. The van der Waals surface area contributed by atoms with Gasteiger partial charge in [-0.3, -0.25) is 4.79 Å². The van der Waals surface area contributed by atoms with Crippen LogP contribution >= 0.6 is 0 Å². The fraction of sp³-hybridized carbons (Fsp3) is 0.812. The van der Waals surface area contributed by atoms with Gasteiger partial charge in [-0.15, -0.1) is 6.58 Å². The molecule has 0 aromatic carbocycles. The molecule has 0 saturated heterocycles. The molecule has 0 aliphatic carbocycles. The quantitative estimate of drug-likeness (QED) is 0.250. The molecule has 0 aromatic heterocycles. The molecule has 0 rings (SSSR count). The predicted octanol–water partition coefficient (Wildman–Crippen LogP) is 3.46. The number of hydrogen-bond donors (Lipinski definition) is 1. The molecule has 3 nitrogen and oxygen atoms in total. The number of nitrogens with zero attached hydrogens (tertiary/aromatic N) is 1. The number of nitrogens with one attached hydrogen (secondary N) is 1. The second-order valence-electron chi connectivity index (χ2n) is 5.29. The Morgan fingerprint density at radius 1 is 1.05 bits per heavy atom. The number of quaternary nitrogens is 1. The standard InChI is InChI=1S/C16H32N2O/c1-5-9-10-11-12-13-14-16(19)17-15-18(6-2,7-3)8-4/h5H,1,6-15H2,2-4H3/p+1. The zero-order valence-corrected chi connectivity index (χ0v) is 13.2. The van der Waals surface area contributed by atoms with Crippen molar-refractivity contribution in [1.82, 2.24) is 5.32 Å². The van der Waals surface area contributed by atoms with E-state index in [9.17, 15) is 4.79 Å². The van der Waals surface area contributed by atoms with Crippen LogP contribution in [0.4, 0.5) is 0 Å². The first kappa shape index (κ1) is 18.2. The van der Waals surface area contributed by atoms with Gasteiger partial charge in [-0.05, 0) is 40.0 Å². The van der Waals surface area contributed by atoms with E-state index < -0.39 is 0 Å². The third-order valence-electron chi connectivity index (χ3n) is 4.19. The van der Waals surface area contributed by atoms with Gasteiger partial charge in [0.1, 0.15) is 0 Å². The Labute approximate surface area is 119 Å². The van der Waals surface area contributed by atoms with E-state index in [1.54, 1.807) is 0 Å². The second kappa shape index (κ2) is 11.0. The lowest BCUT2D eigenvalue weighted by molar-refractivity contribution is -0.924. The smallest absolute Gasteiger partial charge is 0.224 e. The normalized spacial score (nSPS) is 11.3. The maximum absolute atomic E-state index is 11.8. The first-order valence-corrected chi connectivity index (χ1v) is 7.86. The highest BCUT2D eigenvalue weighted by Crippen LogP contribution is 2.06. The summed E-state index contributed by atoms with van der Waals surface area (Å²) < 4.78 is 0.977. The average Bonchev–Trinajstić information content (AvgIpc) is 2.45. The molecule has 1 amide bonds. The lowest BCUT2D eigenvalue weighted by atomic mass is 10.1. The number of carbonyl (C=O) groups is 1. The number of rotatable bonds is 12. The number of hydrogen-bond acceptors (Lipinski definition) is 1. The minimum Gasteiger partial charge on any atom is -0.309 e. The second-order valence-corrected chi connectivity index (χ2v) is 5.29. The summed E-state index contributed by atoms with van der Waals surface area (Å²) in [6, 6.07) is 0. The van der Waals surface area contributed by atoms with Crippen molar-refractivity contribution in [2.24, 2.45) is 0 Å². The number of amides is 1. The largest absolute Gasteiger partial charge is 0.309 e. The van der Waals surface area contributed by atoms with Crippen molar-refractivity contribution < 1.29 is 9.28 Å². The van der Waals surface area contributed by atoms with Gasteiger partial charge in [-0.2, -0.15) is 0 Å². The molecule has 0 aliphatic heterocycles. The number of allylic oxidation sites excluding steroid dienone is 1. The summed E-state index contributed by atoms with van der Waals surface area (Å²) in [6.07, 6.45) is 8.29. The Bertz CT molecular complexity index is 239. The van der Waals surface area contributed by atoms with Crippen LogP contribution in [-0.2, 0) is 4.79 Å². The molecule has 0 unspecified atom stereocenters. The van der Waals surface area contributed by atoms with Gasteiger partial charge in [-0.25, -0.2) is 0 Å². The molecule has 19 heavy (non-hydrogen) atoms. The van der Waals surface area contributed by atoms with E-state index in [1.165, 1.54) is 12.8 Å². The van der Waals surface area contributed by atoms with E-state index in [4.69, 9.17) is 0 Å². The maximum Gasteiger partial charge on any atom is 0.224 e. The fourth-order valence-corrected chi connectivity index (χ4v) is 2.28. The Balaban J connectivity index is 3.71. The van der Waals surface area contributed by atoms with Crippen molar-refractivity contribution in [1.29, 1.82) is 0 Å². The molecule has 0 bridgehead atoms. The molecule has 0 aliphatic rings. The lowest BCUT2D eigenvalue weighted by Crippen LogP contribution is -2.54. The van der Waals surface area contributed by atoms with Crippen molar-refractivity contribution in [3.8, 4) is 0 Å². The average molecular weight is 269 g/mol. The van der Waals surface area contributed by atoms with Crippen LogP contribution in [0.3, 0.4) is 0 Å². The molecular weight excluding hydrogens is 236 g/mol. The topological polar surface area (TPSA) is 29.1 Å². The van der Waals surface area contributed by atoms with Crippen LogP contribution < -0.4 is 5.32 Å².